The monoisotopic (exact) mass is 883 g/mol. The highest BCUT2D eigenvalue weighted by molar-refractivity contribution is 6.30. The Kier molecular flexibility index (Phi) is 17.0. The lowest BCUT2D eigenvalue weighted by molar-refractivity contribution is -0.180. The van der Waals surface area contributed by atoms with Gasteiger partial charge in [0.25, 0.3) is 0 Å². The smallest absolute Gasteiger partial charge is 0.338 e. The van der Waals surface area contributed by atoms with Crippen molar-refractivity contribution in [3.05, 3.63) is 191 Å². The lowest BCUT2D eigenvalue weighted by atomic mass is 9.77. The summed E-state index contributed by atoms with van der Waals surface area (Å²) in [5.74, 6) is -1.85. The fourth-order valence-corrected chi connectivity index (χ4v) is 7.82. The minimum atomic E-state index is -1.42. The Labute approximate surface area is 379 Å². The van der Waals surface area contributed by atoms with Crippen molar-refractivity contribution < 1.29 is 33.5 Å². The Hall–Kier alpha value is -6.57. The minimum absolute atomic E-state index is 0.0970. The molecule has 2 unspecified atom stereocenters. The highest BCUT2D eigenvalue weighted by Crippen LogP contribution is 2.37. The number of urea groups is 1. The molecular weight excluding hydrogens is 830 g/mol. The summed E-state index contributed by atoms with van der Waals surface area (Å²) in [4.78, 5) is 63.4. The standard InChI is InChI=1S/C51H54ClN5O7/c1-4-62-49(63-5-2)36(3)57(34-39-20-17-19-38-18-15-16-27-44(38)39)48(60)45(54-47(59)35-64-56-50(61)53-33-37-28-30-43(52)31-29-37)32-46(58)55-51(40-21-9-6-10-22-40,41-23-11-7-12-24-41)42-25-13-8-14-26-42/h6-31,36,45,49H,4-5,32-35H2,1-3H3,(H,54,59)(H,55,58)(H2,53,56,61). The second-order valence-corrected chi connectivity index (χ2v) is 15.5. The molecule has 64 heavy (non-hydrogen) atoms. The number of nitrogens with zero attached hydrogens (tertiary/aromatic N) is 1. The third-order valence-corrected chi connectivity index (χ3v) is 11.0. The van der Waals surface area contributed by atoms with Crippen molar-refractivity contribution in [2.75, 3.05) is 19.8 Å². The van der Waals surface area contributed by atoms with Crippen LogP contribution in [-0.4, -0.2) is 66.8 Å². The summed E-state index contributed by atoms with van der Waals surface area (Å²) in [6.07, 6.45) is -1.31. The number of benzene rings is 6. The number of hydrogen-bond donors (Lipinski definition) is 4. The van der Waals surface area contributed by atoms with Gasteiger partial charge in [0.1, 0.15) is 11.6 Å². The predicted molar refractivity (Wildman–Crippen MR) is 248 cm³/mol. The quantitative estimate of drug-likeness (QED) is 0.0325. The van der Waals surface area contributed by atoms with Crippen LogP contribution < -0.4 is 21.4 Å². The van der Waals surface area contributed by atoms with Gasteiger partial charge in [0.05, 0.1) is 12.5 Å². The maximum Gasteiger partial charge on any atom is 0.338 e. The molecule has 12 nitrogen and oxygen atoms in total. The van der Waals surface area contributed by atoms with E-state index in [-0.39, 0.29) is 13.1 Å². The topological polar surface area (TPSA) is 147 Å². The van der Waals surface area contributed by atoms with Gasteiger partial charge >= 0.3 is 6.03 Å². The SMILES string of the molecule is CCOC(OCC)C(C)N(Cc1cccc2ccccc12)C(=O)C(CC(=O)NC(c1ccccc1)(c1ccccc1)c1ccccc1)NC(=O)CONC(=O)NCc1ccc(Cl)cc1. The molecule has 2 atom stereocenters. The number of fused-ring (bicyclic) bond motifs is 1. The van der Waals surface area contributed by atoms with E-state index in [1.54, 1.807) is 29.2 Å². The lowest BCUT2D eigenvalue weighted by Crippen LogP contribution is -2.57. The largest absolute Gasteiger partial charge is 0.351 e. The molecule has 0 radical (unpaired) electrons. The van der Waals surface area contributed by atoms with Crippen LogP contribution in [0.1, 0.15) is 55.0 Å². The Balaban J connectivity index is 1.33. The molecule has 0 aliphatic rings. The summed E-state index contributed by atoms with van der Waals surface area (Å²) >= 11 is 5.97. The van der Waals surface area contributed by atoms with Gasteiger partial charge in [0.2, 0.25) is 17.7 Å². The van der Waals surface area contributed by atoms with Crippen molar-refractivity contribution in [3.8, 4) is 0 Å². The molecule has 0 fully saturated rings. The Morgan fingerprint density at radius 1 is 0.672 bits per heavy atom. The van der Waals surface area contributed by atoms with Gasteiger partial charge in [-0.05, 0) is 71.5 Å². The normalized spacial score (nSPS) is 12.3. The zero-order valence-electron chi connectivity index (χ0n) is 36.2. The molecule has 13 heteroatoms. The van der Waals surface area contributed by atoms with Crippen molar-refractivity contribution in [3.63, 3.8) is 0 Å². The van der Waals surface area contributed by atoms with Crippen LogP contribution in [-0.2, 0) is 47.3 Å². The number of hydroxylamine groups is 1. The molecule has 0 saturated carbocycles. The summed E-state index contributed by atoms with van der Waals surface area (Å²) in [6.45, 7) is 5.73. The van der Waals surface area contributed by atoms with Gasteiger partial charge < -0.3 is 30.3 Å². The highest BCUT2D eigenvalue weighted by atomic mass is 35.5. The third-order valence-electron chi connectivity index (χ3n) is 10.8. The van der Waals surface area contributed by atoms with Crippen molar-refractivity contribution in [2.45, 2.75) is 64.2 Å². The molecule has 6 aromatic rings. The van der Waals surface area contributed by atoms with Crippen LogP contribution in [0.4, 0.5) is 4.79 Å². The maximum absolute atomic E-state index is 15.3. The molecule has 0 aromatic heterocycles. The number of hydrogen-bond acceptors (Lipinski definition) is 7. The van der Waals surface area contributed by atoms with Gasteiger partial charge in [-0.1, -0.05) is 157 Å². The molecule has 6 rings (SSSR count). The number of carbonyl (C=O) groups is 4. The molecule has 332 valence electrons. The average Bonchev–Trinajstić information content (AvgIpc) is 3.32. The summed E-state index contributed by atoms with van der Waals surface area (Å²) in [6, 6.07) is 46.6. The molecule has 0 heterocycles. The van der Waals surface area contributed by atoms with E-state index in [2.05, 4.69) is 21.4 Å². The first-order chi connectivity index (χ1) is 31.1. The van der Waals surface area contributed by atoms with Crippen LogP contribution in [0.5, 0.6) is 0 Å². The van der Waals surface area contributed by atoms with Crippen molar-refractivity contribution in [2.24, 2.45) is 0 Å². The van der Waals surface area contributed by atoms with E-state index in [9.17, 15) is 14.4 Å². The molecule has 5 amide bonds. The number of carbonyl (C=O) groups excluding carboxylic acids is 4. The lowest BCUT2D eigenvalue weighted by Gasteiger charge is -2.38. The maximum atomic E-state index is 15.3. The predicted octanol–water partition coefficient (Wildman–Crippen LogP) is 8.02. The van der Waals surface area contributed by atoms with Crippen molar-refractivity contribution in [1.82, 2.24) is 26.3 Å². The van der Waals surface area contributed by atoms with Gasteiger partial charge in [0.15, 0.2) is 12.9 Å². The van der Waals surface area contributed by atoms with E-state index in [1.807, 2.05) is 154 Å². The zero-order valence-corrected chi connectivity index (χ0v) is 36.9. The van der Waals surface area contributed by atoms with Crippen LogP contribution in [0.15, 0.2) is 158 Å². The second kappa shape index (κ2) is 23.2. The minimum Gasteiger partial charge on any atom is -0.351 e. The van der Waals surface area contributed by atoms with Crippen LogP contribution >= 0.6 is 11.6 Å². The molecule has 0 saturated heterocycles. The van der Waals surface area contributed by atoms with E-state index in [1.165, 1.54) is 0 Å². The molecule has 4 N–H and O–H groups in total. The Bertz CT molecular complexity index is 2330. The van der Waals surface area contributed by atoms with Crippen molar-refractivity contribution >= 4 is 46.1 Å². The zero-order chi connectivity index (χ0) is 45.3. The number of rotatable bonds is 21. The number of halogens is 1. The highest BCUT2D eigenvalue weighted by Gasteiger charge is 2.40. The Morgan fingerprint density at radius 2 is 1.22 bits per heavy atom. The fourth-order valence-electron chi connectivity index (χ4n) is 7.69. The van der Waals surface area contributed by atoms with Gasteiger partial charge in [-0.2, -0.15) is 0 Å². The van der Waals surface area contributed by atoms with E-state index < -0.39 is 60.7 Å². The molecule has 0 bridgehead atoms. The summed E-state index contributed by atoms with van der Waals surface area (Å²) in [5.41, 5.74) is 5.00. The number of amides is 5. The van der Waals surface area contributed by atoms with E-state index in [0.717, 1.165) is 38.6 Å². The van der Waals surface area contributed by atoms with E-state index >= 15 is 4.79 Å². The second-order valence-electron chi connectivity index (χ2n) is 15.0. The average molecular weight is 884 g/mol. The first kappa shape index (κ1) is 46.9. The first-order valence-corrected chi connectivity index (χ1v) is 21.7. The van der Waals surface area contributed by atoms with Gasteiger partial charge in [-0.25, -0.2) is 10.3 Å². The van der Waals surface area contributed by atoms with Gasteiger partial charge in [0, 0.05) is 31.3 Å². The fraction of sp³-hybridized carbons (Fsp3) is 0.255. The van der Waals surface area contributed by atoms with Crippen LogP contribution in [0, 0.1) is 0 Å². The van der Waals surface area contributed by atoms with Crippen LogP contribution in [0.25, 0.3) is 10.8 Å². The Morgan fingerprint density at radius 3 is 1.80 bits per heavy atom. The van der Waals surface area contributed by atoms with E-state index in [4.69, 9.17) is 25.9 Å². The van der Waals surface area contributed by atoms with Crippen LogP contribution in [0.2, 0.25) is 5.02 Å². The molecule has 6 aromatic carbocycles. The molecule has 0 aliphatic carbocycles. The molecule has 0 spiro atoms. The van der Waals surface area contributed by atoms with Gasteiger partial charge in [-0.15, -0.1) is 0 Å². The van der Waals surface area contributed by atoms with Gasteiger partial charge in [-0.3, -0.25) is 19.2 Å². The van der Waals surface area contributed by atoms with Crippen LogP contribution in [0.3, 0.4) is 0 Å². The van der Waals surface area contributed by atoms with Crippen molar-refractivity contribution in [1.29, 1.82) is 0 Å². The third kappa shape index (κ3) is 12.1. The number of nitrogens with one attached hydrogen (secondary N) is 4. The molecular formula is C51H54ClN5O7. The summed E-state index contributed by atoms with van der Waals surface area (Å²) < 4.78 is 12.1. The summed E-state index contributed by atoms with van der Waals surface area (Å²) in [5, 5.41) is 11.2. The first-order valence-electron chi connectivity index (χ1n) is 21.3. The van der Waals surface area contributed by atoms with E-state index in [0.29, 0.717) is 18.2 Å². The molecule has 0 aliphatic heterocycles. The summed E-state index contributed by atoms with van der Waals surface area (Å²) in [7, 11) is 0. The number of ether oxygens (including phenoxy) is 2.